The van der Waals surface area contributed by atoms with Crippen LogP contribution < -0.4 is 4.90 Å². The van der Waals surface area contributed by atoms with Gasteiger partial charge in [0.2, 0.25) is 5.91 Å². The maximum absolute atomic E-state index is 12.8. The average molecular weight is 403 g/mol. The van der Waals surface area contributed by atoms with Gasteiger partial charge in [-0.3, -0.25) is 14.8 Å². The van der Waals surface area contributed by atoms with Crippen molar-refractivity contribution in [1.82, 2.24) is 29.8 Å². The van der Waals surface area contributed by atoms with E-state index in [4.69, 9.17) is 4.98 Å². The van der Waals surface area contributed by atoms with Gasteiger partial charge in [-0.1, -0.05) is 6.07 Å². The zero-order valence-electron chi connectivity index (χ0n) is 17.3. The van der Waals surface area contributed by atoms with Crippen molar-refractivity contribution in [3.63, 3.8) is 0 Å². The SMILES string of the molecule is CN(C)c1cc([C@H]2CCCN(C(=O)Cc3cccnc3)C2)nc(-c2cnccn2)n1. The summed E-state index contributed by atoms with van der Waals surface area (Å²) in [7, 11) is 3.91. The number of likely N-dealkylation sites (tertiary alicyclic amines) is 1. The van der Waals surface area contributed by atoms with Crippen LogP contribution in [0.4, 0.5) is 5.82 Å². The minimum Gasteiger partial charge on any atom is -0.363 e. The fourth-order valence-corrected chi connectivity index (χ4v) is 3.65. The van der Waals surface area contributed by atoms with Gasteiger partial charge in [0.1, 0.15) is 11.5 Å². The molecule has 0 bridgehead atoms. The largest absolute Gasteiger partial charge is 0.363 e. The van der Waals surface area contributed by atoms with Crippen molar-refractivity contribution in [3.05, 3.63) is 60.4 Å². The fraction of sp³-hybridized carbons (Fsp3) is 0.364. The maximum Gasteiger partial charge on any atom is 0.227 e. The Morgan fingerprint density at radius 1 is 1.17 bits per heavy atom. The Bertz CT molecular complexity index is 995. The summed E-state index contributed by atoms with van der Waals surface area (Å²) in [5.41, 5.74) is 2.52. The summed E-state index contributed by atoms with van der Waals surface area (Å²) in [5.74, 6) is 1.67. The molecular formula is C22H25N7O. The first-order chi connectivity index (χ1) is 14.6. The highest BCUT2D eigenvalue weighted by Crippen LogP contribution is 2.29. The number of pyridine rings is 1. The Labute approximate surface area is 176 Å². The topological polar surface area (TPSA) is 88.0 Å². The van der Waals surface area contributed by atoms with Crippen LogP contribution in [-0.2, 0) is 11.2 Å². The molecule has 4 rings (SSSR count). The molecule has 3 aromatic rings. The van der Waals surface area contributed by atoms with Gasteiger partial charge in [0.15, 0.2) is 5.82 Å². The summed E-state index contributed by atoms with van der Waals surface area (Å²) >= 11 is 0. The van der Waals surface area contributed by atoms with E-state index in [-0.39, 0.29) is 11.8 Å². The average Bonchev–Trinajstić information content (AvgIpc) is 2.80. The normalized spacial score (nSPS) is 16.3. The van der Waals surface area contributed by atoms with Gasteiger partial charge in [-0.2, -0.15) is 0 Å². The van der Waals surface area contributed by atoms with Crippen LogP contribution in [0.5, 0.6) is 0 Å². The predicted octanol–water partition coefficient (Wildman–Crippen LogP) is 2.34. The van der Waals surface area contributed by atoms with Gasteiger partial charge in [0.05, 0.1) is 18.3 Å². The van der Waals surface area contributed by atoms with E-state index in [0.717, 1.165) is 36.5 Å². The first-order valence-corrected chi connectivity index (χ1v) is 10.1. The number of hydrogen-bond donors (Lipinski definition) is 0. The third-order valence-corrected chi connectivity index (χ3v) is 5.25. The first kappa shape index (κ1) is 19.9. The number of nitrogens with zero attached hydrogens (tertiary/aromatic N) is 7. The number of rotatable bonds is 5. The Morgan fingerprint density at radius 3 is 2.77 bits per heavy atom. The van der Waals surface area contributed by atoms with Crippen molar-refractivity contribution in [2.24, 2.45) is 0 Å². The summed E-state index contributed by atoms with van der Waals surface area (Å²) in [6, 6.07) is 5.81. The van der Waals surface area contributed by atoms with Crippen LogP contribution in [-0.4, -0.2) is 62.9 Å². The third kappa shape index (κ3) is 4.59. The molecular weight excluding hydrogens is 378 g/mol. The number of aromatic nitrogens is 5. The second-order valence-electron chi connectivity index (χ2n) is 7.68. The van der Waals surface area contributed by atoms with E-state index in [0.29, 0.717) is 24.5 Å². The molecule has 3 aromatic heterocycles. The highest BCUT2D eigenvalue weighted by Gasteiger charge is 2.27. The lowest BCUT2D eigenvalue weighted by Crippen LogP contribution is -2.40. The zero-order chi connectivity index (χ0) is 20.9. The molecule has 1 aliphatic rings. The van der Waals surface area contributed by atoms with Crippen LogP contribution in [0, 0.1) is 0 Å². The highest BCUT2D eigenvalue weighted by atomic mass is 16.2. The molecule has 1 saturated heterocycles. The van der Waals surface area contributed by atoms with Gasteiger partial charge in [0.25, 0.3) is 0 Å². The Morgan fingerprint density at radius 2 is 2.03 bits per heavy atom. The smallest absolute Gasteiger partial charge is 0.227 e. The Kier molecular flexibility index (Phi) is 5.92. The highest BCUT2D eigenvalue weighted by molar-refractivity contribution is 5.78. The number of hydrogen-bond acceptors (Lipinski definition) is 7. The van der Waals surface area contributed by atoms with Crippen molar-refractivity contribution in [2.75, 3.05) is 32.1 Å². The van der Waals surface area contributed by atoms with Crippen molar-refractivity contribution < 1.29 is 4.79 Å². The molecule has 0 spiro atoms. The van der Waals surface area contributed by atoms with E-state index in [2.05, 4.69) is 19.9 Å². The zero-order valence-corrected chi connectivity index (χ0v) is 17.3. The summed E-state index contributed by atoms with van der Waals surface area (Å²) < 4.78 is 0. The molecule has 154 valence electrons. The fourth-order valence-electron chi connectivity index (χ4n) is 3.65. The van der Waals surface area contributed by atoms with Gasteiger partial charge in [-0.15, -0.1) is 0 Å². The summed E-state index contributed by atoms with van der Waals surface area (Å²) in [6.45, 7) is 1.43. The van der Waals surface area contributed by atoms with Crippen LogP contribution in [0.25, 0.3) is 11.5 Å². The van der Waals surface area contributed by atoms with Gasteiger partial charge in [-0.25, -0.2) is 15.0 Å². The van der Waals surface area contributed by atoms with Crippen LogP contribution in [0.15, 0.2) is 49.2 Å². The summed E-state index contributed by atoms with van der Waals surface area (Å²) in [4.78, 5) is 38.8. The molecule has 0 aliphatic carbocycles. The van der Waals surface area contributed by atoms with Crippen LogP contribution >= 0.6 is 0 Å². The van der Waals surface area contributed by atoms with Crippen molar-refractivity contribution in [3.8, 4) is 11.5 Å². The number of piperidine rings is 1. The molecule has 1 atom stereocenters. The lowest BCUT2D eigenvalue weighted by atomic mass is 9.94. The van der Waals surface area contributed by atoms with Gasteiger partial charge < -0.3 is 9.80 Å². The second kappa shape index (κ2) is 8.94. The van der Waals surface area contributed by atoms with E-state index in [1.807, 2.05) is 42.1 Å². The van der Waals surface area contributed by atoms with Crippen LogP contribution in [0.2, 0.25) is 0 Å². The molecule has 30 heavy (non-hydrogen) atoms. The van der Waals surface area contributed by atoms with Crippen LogP contribution in [0.1, 0.15) is 30.0 Å². The van der Waals surface area contributed by atoms with E-state index < -0.39 is 0 Å². The Balaban J connectivity index is 1.56. The van der Waals surface area contributed by atoms with E-state index in [1.165, 1.54) is 0 Å². The minimum absolute atomic E-state index is 0.128. The summed E-state index contributed by atoms with van der Waals surface area (Å²) in [6.07, 6.45) is 10.7. The molecule has 0 saturated carbocycles. The summed E-state index contributed by atoms with van der Waals surface area (Å²) in [5, 5.41) is 0. The minimum atomic E-state index is 0.128. The lowest BCUT2D eigenvalue weighted by Gasteiger charge is -2.33. The van der Waals surface area contributed by atoms with Gasteiger partial charge in [0, 0.05) is 64.0 Å². The van der Waals surface area contributed by atoms with E-state index in [1.54, 1.807) is 31.0 Å². The number of anilines is 1. The molecule has 0 aromatic carbocycles. The van der Waals surface area contributed by atoms with E-state index in [9.17, 15) is 4.79 Å². The number of carbonyl (C=O) groups is 1. The van der Waals surface area contributed by atoms with Gasteiger partial charge in [-0.05, 0) is 24.5 Å². The second-order valence-corrected chi connectivity index (χ2v) is 7.68. The van der Waals surface area contributed by atoms with Crippen molar-refractivity contribution >= 4 is 11.7 Å². The van der Waals surface area contributed by atoms with Crippen molar-refractivity contribution in [1.29, 1.82) is 0 Å². The molecule has 1 amide bonds. The van der Waals surface area contributed by atoms with Gasteiger partial charge >= 0.3 is 0 Å². The van der Waals surface area contributed by atoms with Crippen molar-refractivity contribution in [2.45, 2.75) is 25.2 Å². The van der Waals surface area contributed by atoms with Crippen LogP contribution in [0.3, 0.4) is 0 Å². The molecule has 1 fully saturated rings. The maximum atomic E-state index is 12.8. The van der Waals surface area contributed by atoms with E-state index >= 15 is 0 Å². The molecule has 0 unspecified atom stereocenters. The molecule has 0 N–H and O–H groups in total. The molecule has 4 heterocycles. The molecule has 8 nitrogen and oxygen atoms in total. The molecule has 8 heteroatoms. The Hall–Kier alpha value is -3.42. The molecule has 0 radical (unpaired) electrons. The predicted molar refractivity (Wildman–Crippen MR) is 114 cm³/mol. The lowest BCUT2D eigenvalue weighted by molar-refractivity contribution is -0.131. The monoisotopic (exact) mass is 403 g/mol. The number of carbonyl (C=O) groups excluding carboxylic acids is 1. The quantitative estimate of drug-likeness (QED) is 0.646. The molecule has 1 aliphatic heterocycles. The standard InChI is InChI=1S/C22H25N7O/c1-28(2)20-12-18(26-22(27-20)19-14-24-8-9-25-19)17-6-4-10-29(15-17)21(30)11-16-5-3-7-23-13-16/h3,5,7-9,12-14,17H,4,6,10-11,15H2,1-2H3/t17-/m0/s1. The third-order valence-electron chi connectivity index (χ3n) is 5.25. The number of amides is 1. The first-order valence-electron chi connectivity index (χ1n) is 10.1.